The van der Waals surface area contributed by atoms with Crippen LogP contribution < -0.4 is 5.32 Å². The van der Waals surface area contributed by atoms with Crippen molar-refractivity contribution in [2.75, 3.05) is 6.54 Å². The third-order valence-corrected chi connectivity index (χ3v) is 4.53. The Hall–Kier alpha value is -1.25. The number of carbonyl (C=O) groups excluding carboxylic acids is 1. The summed E-state index contributed by atoms with van der Waals surface area (Å²) in [7, 11) is 0. The number of amides is 1. The molecule has 1 N–H and O–H groups in total. The fourth-order valence-electron chi connectivity index (χ4n) is 3.55. The summed E-state index contributed by atoms with van der Waals surface area (Å²) >= 11 is 0. The summed E-state index contributed by atoms with van der Waals surface area (Å²) in [5.74, 6) is 0.540. The number of carbonyl (C=O) groups is 1. The average Bonchev–Trinajstić information content (AvgIpc) is 2.98. The quantitative estimate of drug-likeness (QED) is 0.877. The molecule has 1 fully saturated rings. The molecule has 0 atom stereocenters. The van der Waals surface area contributed by atoms with E-state index >= 15 is 0 Å². The molecule has 3 nitrogen and oxygen atoms in total. The minimum absolute atomic E-state index is 0.264. The standard InChI is InChI=1S/C17H28N2O/c1-12(2)19-13(3)11-16(14(19)4)9-10-18-17(20)15-7-5-6-8-15/h11-12,15H,5-10H2,1-4H3,(H,18,20). The molecule has 1 aromatic heterocycles. The van der Waals surface area contributed by atoms with E-state index in [9.17, 15) is 4.79 Å². The van der Waals surface area contributed by atoms with Crippen LogP contribution in [-0.2, 0) is 11.2 Å². The van der Waals surface area contributed by atoms with E-state index < -0.39 is 0 Å². The van der Waals surface area contributed by atoms with Crippen LogP contribution in [0.3, 0.4) is 0 Å². The molecule has 0 aliphatic heterocycles. The van der Waals surface area contributed by atoms with Crippen LogP contribution in [0.2, 0.25) is 0 Å². The lowest BCUT2D eigenvalue weighted by molar-refractivity contribution is -0.124. The van der Waals surface area contributed by atoms with Gasteiger partial charge in [-0.2, -0.15) is 0 Å². The zero-order valence-corrected chi connectivity index (χ0v) is 13.3. The summed E-state index contributed by atoms with van der Waals surface area (Å²) in [6.07, 6.45) is 5.52. The third kappa shape index (κ3) is 3.25. The first-order valence-electron chi connectivity index (χ1n) is 7.95. The molecule has 1 aliphatic carbocycles. The van der Waals surface area contributed by atoms with Crippen molar-refractivity contribution >= 4 is 5.91 Å². The Bertz CT molecular complexity index is 468. The molecule has 1 aromatic rings. The summed E-state index contributed by atoms with van der Waals surface area (Å²) in [5.41, 5.74) is 4.02. The first kappa shape index (κ1) is 15.1. The van der Waals surface area contributed by atoms with E-state index in [4.69, 9.17) is 0 Å². The topological polar surface area (TPSA) is 34.0 Å². The van der Waals surface area contributed by atoms with Gasteiger partial charge < -0.3 is 9.88 Å². The minimum Gasteiger partial charge on any atom is -0.356 e. The van der Waals surface area contributed by atoms with Crippen molar-refractivity contribution in [3.05, 3.63) is 23.0 Å². The van der Waals surface area contributed by atoms with E-state index in [2.05, 4.69) is 43.6 Å². The number of nitrogens with zero attached hydrogens (tertiary/aromatic N) is 1. The number of nitrogens with one attached hydrogen (secondary N) is 1. The zero-order chi connectivity index (χ0) is 14.7. The maximum atomic E-state index is 12.0. The summed E-state index contributed by atoms with van der Waals surface area (Å²) in [4.78, 5) is 12.0. The average molecular weight is 276 g/mol. The van der Waals surface area contributed by atoms with Gasteiger partial charge in [-0.25, -0.2) is 0 Å². The lowest BCUT2D eigenvalue weighted by Crippen LogP contribution is -2.31. The molecule has 0 unspecified atom stereocenters. The smallest absolute Gasteiger partial charge is 0.223 e. The fourth-order valence-corrected chi connectivity index (χ4v) is 3.55. The largest absolute Gasteiger partial charge is 0.356 e. The van der Waals surface area contributed by atoms with E-state index in [0.29, 0.717) is 6.04 Å². The molecule has 0 spiro atoms. The van der Waals surface area contributed by atoms with Gasteiger partial charge in [0.25, 0.3) is 0 Å². The molecule has 3 heteroatoms. The first-order chi connectivity index (χ1) is 9.50. The molecule has 20 heavy (non-hydrogen) atoms. The van der Waals surface area contributed by atoms with Crippen LogP contribution in [0.4, 0.5) is 0 Å². The Morgan fingerprint density at radius 1 is 1.35 bits per heavy atom. The van der Waals surface area contributed by atoms with Gasteiger partial charge in [0.15, 0.2) is 0 Å². The van der Waals surface area contributed by atoms with Gasteiger partial charge in [-0.3, -0.25) is 4.79 Å². The predicted octanol–water partition coefficient (Wildman–Crippen LogP) is 3.53. The fraction of sp³-hybridized carbons (Fsp3) is 0.706. The number of aryl methyl sites for hydroxylation is 1. The Labute approximate surface area is 122 Å². The molecular formula is C17H28N2O. The highest BCUT2D eigenvalue weighted by Gasteiger charge is 2.22. The summed E-state index contributed by atoms with van der Waals surface area (Å²) < 4.78 is 2.37. The van der Waals surface area contributed by atoms with Gasteiger partial charge in [0, 0.05) is 29.9 Å². The summed E-state index contributed by atoms with van der Waals surface area (Å²) in [6.45, 7) is 9.53. The Balaban J connectivity index is 1.88. The normalized spacial score (nSPS) is 16.1. The van der Waals surface area contributed by atoms with Gasteiger partial charge in [-0.05, 0) is 58.6 Å². The summed E-state index contributed by atoms with van der Waals surface area (Å²) in [6, 6.07) is 2.76. The van der Waals surface area contributed by atoms with Gasteiger partial charge in [-0.15, -0.1) is 0 Å². The molecule has 1 heterocycles. The van der Waals surface area contributed by atoms with Crippen molar-refractivity contribution in [2.45, 2.75) is 65.8 Å². The van der Waals surface area contributed by atoms with Crippen molar-refractivity contribution < 1.29 is 4.79 Å². The van der Waals surface area contributed by atoms with Crippen molar-refractivity contribution in [1.82, 2.24) is 9.88 Å². The highest BCUT2D eigenvalue weighted by atomic mass is 16.1. The van der Waals surface area contributed by atoms with E-state index in [1.165, 1.54) is 29.8 Å². The van der Waals surface area contributed by atoms with Crippen LogP contribution in [0.25, 0.3) is 0 Å². The molecule has 0 saturated heterocycles. The Morgan fingerprint density at radius 3 is 2.55 bits per heavy atom. The van der Waals surface area contributed by atoms with E-state index in [1.807, 2.05) is 0 Å². The molecule has 0 aromatic carbocycles. The van der Waals surface area contributed by atoms with Crippen LogP contribution in [-0.4, -0.2) is 17.0 Å². The molecule has 1 amide bonds. The monoisotopic (exact) mass is 276 g/mol. The van der Waals surface area contributed by atoms with Gasteiger partial charge in [-0.1, -0.05) is 12.8 Å². The van der Waals surface area contributed by atoms with Crippen LogP contribution in [0.15, 0.2) is 6.07 Å². The van der Waals surface area contributed by atoms with Gasteiger partial charge in [0.1, 0.15) is 0 Å². The second-order valence-corrected chi connectivity index (χ2v) is 6.38. The van der Waals surface area contributed by atoms with Crippen LogP contribution in [0.1, 0.15) is 62.5 Å². The number of aromatic nitrogens is 1. The third-order valence-electron chi connectivity index (χ3n) is 4.53. The number of hydrogen-bond donors (Lipinski definition) is 1. The Kier molecular flexibility index (Phi) is 4.90. The van der Waals surface area contributed by atoms with Crippen LogP contribution >= 0.6 is 0 Å². The lowest BCUT2D eigenvalue weighted by atomic mass is 10.1. The van der Waals surface area contributed by atoms with Crippen molar-refractivity contribution in [3.8, 4) is 0 Å². The maximum absolute atomic E-state index is 12.0. The molecule has 112 valence electrons. The van der Waals surface area contributed by atoms with Crippen molar-refractivity contribution in [2.24, 2.45) is 5.92 Å². The zero-order valence-electron chi connectivity index (χ0n) is 13.3. The molecule has 0 bridgehead atoms. The van der Waals surface area contributed by atoms with Gasteiger partial charge in [0.05, 0.1) is 0 Å². The molecular weight excluding hydrogens is 248 g/mol. The van der Waals surface area contributed by atoms with Gasteiger partial charge >= 0.3 is 0 Å². The predicted molar refractivity (Wildman–Crippen MR) is 83.0 cm³/mol. The molecule has 1 aliphatic rings. The number of rotatable bonds is 5. The van der Waals surface area contributed by atoms with Crippen LogP contribution in [0.5, 0.6) is 0 Å². The maximum Gasteiger partial charge on any atom is 0.223 e. The molecule has 0 radical (unpaired) electrons. The second-order valence-electron chi connectivity index (χ2n) is 6.38. The molecule has 2 rings (SSSR count). The van der Waals surface area contributed by atoms with Crippen LogP contribution in [0, 0.1) is 19.8 Å². The molecule has 1 saturated carbocycles. The van der Waals surface area contributed by atoms with Crippen molar-refractivity contribution in [3.63, 3.8) is 0 Å². The highest BCUT2D eigenvalue weighted by Crippen LogP contribution is 2.24. The second kappa shape index (κ2) is 6.47. The highest BCUT2D eigenvalue weighted by molar-refractivity contribution is 5.78. The van der Waals surface area contributed by atoms with E-state index in [0.717, 1.165) is 25.8 Å². The van der Waals surface area contributed by atoms with E-state index in [1.54, 1.807) is 0 Å². The first-order valence-corrected chi connectivity index (χ1v) is 7.95. The minimum atomic E-state index is 0.264. The number of hydrogen-bond acceptors (Lipinski definition) is 1. The van der Waals surface area contributed by atoms with E-state index in [-0.39, 0.29) is 11.8 Å². The van der Waals surface area contributed by atoms with Gasteiger partial charge in [0.2, 0.25) is 5.91 Å². The Morgan fingerprint density at radius 2 is 2.00 bits per heavy atom. The van der Waals surface area contributed by atoms with Crippen molar-refractivity contribution in [1.29, 1.82) is 0 Å². The summed E-state index contributed by atoms with van der Waals surface area (Å²) in [5, 5.41) is 3.11. The lowest BCUT2D eigenvalue weighted by Gasteiger charge is -2.14. The SMILES string of the molecule is Cc1cc(CCNC(=O)C2CCCC2)c(C)n1C(C)C.